The fourth-order valence-electron chi connectivity index (χ4n) is 1.89. The van der Waals surface area contributed by atoms with Crippen molar-refractivity contribution in [2.24, 2.45) is 0 Å². The Labute approximate surface area is 107 Å². The Morgan fingerprint density at radius 3 is 2.50 bits per heavy atom. The minimum absolute atomic E-state index is 0.363. The predicted octanol–water partition coefficient (Wildman–Crippen LogP) is 2.96. The fourth-order valence-corrected chi connectivity index (χ4v) is 2.19. The minimum atomic E-state index is 0.363. The summed E-state index contributed by atoms with van der Waals surface area (Å²) in [6, 6.07) is 6.85. The second-order valence-corrected chi connectivity index (χ2v) is 5.14. The summed E-state index contributed by atoms with van der Waals surface area (Å²) in [5, 5.41) is 4.53. The first-order valence-corrected chi connectivity index (χ1v) is 6.23. The smallest absolute Gasteiger partial charge is 0.0595 e. The average molecular weight is 259 g/mol. The number of likely N-dealkylation sites (N-methyl/N-ethyl adjacent to an activating group) is 1. The molecule has 1 saturated heterocycles. The van der Waals surface area contributed by atoms with Crippen molar-refractivity contribution in [3.8, 4) is 0 Å². The van der Waals surface area contributed by atoms with Gasteiger partial charge < -0.3 is 5.32 Å². The summed E-state index contributed by atoms with van der Waals surface area (Å²) in [6.07, 6.45) is 0. The van der Waals surface area contributed by atoms with E-state index >= 15 is 0 Å². The van der Waals surface area contributed by atoms with E-state index in [9.17, 15) is 0 Å². The zero-order valence-electron chi connectivity index (χ0n) is 9.50. The summed E-state index contributed by atoms with van der Waals surface area (Å²) < 4.78 is 0. The summed E-state index contributed by atoms with van der Waals surface area (Å²) >= 11 is 11.9. The lowest BCUT2D eigenvalue weighted by molar-refractivity contribution is 0.136. The molecule has 1 N–H and O–H groups in total. The van der Waals surface area contributed by atoms with E-state index < -0.39 is 0 Å². The standard InChI is InChI=1S/C12H16Cl2N2/c1-8(16(2)10-6-15-7-10)9-3-4-11(13)12(14)5-9/h3-5,8,10,15H,6-7H2,1-2H3. The van der Waals surface area contributed by atoms with Gasteiger partial charge in [-0.05, 0) is 31.7 Å². The van der Waals surface area contributed by atoms with Crippen LogP contribution in [-0.2, 0) is 0 Å². The monoisotopic (exact) mass is 258 g/mol. The highest BCUT2D eigenvalue weighted by Crippen LogP contribution is 2.28. The molecule has 1 atom stereocenters. The summed E-state index contributed by atoms with van der Waals surface area (Å²) in [5.74, 6) is 0. The molecule has 0 aromatic heterocycles. The van der Waals surface area contributed by atoms with Gasteiger partial charge in [0.25, 0.3) is 0 Å². The summed E-state index contributed by atoms with van der Waals surface area (Å²) in [6.45, 7) is 4.34. The third kappa shape index (κ3) is 2.35. The van der Waals surface area contributed by atoms with E-state index in [-0.39, 0.29) is 0 Å². The van der Waals surface area contributed by atoms with Gasteiger partial charge in [-0.3, -0.25) is 4.90 Å². The van der Waals surface area contributed by atoms with E-state index in [1.807, 2.05) is 18.2 Å². The fraction of sp³-hybridized carbons (Fsp3) is 0.500. The number of nitrogens with zero attached hydrogens (tertiary/aromatic N) is 1. The van der Waals surface area contributed by atoms with Crippen LogP contribution in [-0.4, -0.2) is 31.1 Å². The van der Waals surface area contributed by atoms with Crippen molar-refractivity contribution in [3.05, 3.63) is 33.8 Å². The van der Waals surface area contributed by atoms with E-state index in [0.29, 0.717) is 22.1 Å². The van der Waals surface area contributed by atoms with Crippen molar-refractivity contribution >= 4 is 23.2 Å². The first-order chi connectivity index (χ1) is 7.59. The van der Waals surface area contributed by atoms with Gasteiger partial charge in [-0.15, -0.1) is 0 Å². The number of nitrogens with one attached hydrogen (secondary N) is 1. The van der Waals surface area contributed by atoms with Gasteiger partial charge in [-0.2, -0.15) is 0 Å². The van der Waals surface area contributed by atoms with Crippen LogP contribution in [0.15, 0.2) is 18.2 Å². The summed E-state index contributed by atoms with van der Waals surface area (Å²) in [5.41, 5.74) is 1.21. The Kier molecular flexibility index (Phi) is 3.75. The second-order valence-electron chi connectivity index (χ2n) is 4.33. The molecular formula is C12H16Cl2N2. The maximum atomic E-state index is 6.03. The van der Waals surface area contributed by atoms with Crippen LogP contribution < -0.4 is 5.32 Å². The zero-order chi connectivity index (χ0) is 11.7. The highest BCUT2D eigenvalue weighted by atomic mass is 35.5. The Morgan fingerprint density at radius 1 is 1.31 bits per heavy atom. The number of rotatable bonds is 3. The van der Waals surface area contributed by atoms with Crippen molar-refractivity contribution in [1.29, 1.82) is 0 Å². The molecule has 2 rings (SSSR count). The SMILES string of the molecule is CC(c1ccc(Cl)c(Cl)c1)N(C)C1CNC1. The molecule has 16 heavy (non-hydrogen) atoms. The van der Waals surface area contributed by atoms with E-state index in [1.54, 1.807) is 0 Å². The van der Waals surface area contributed by atoms with Crippen LogP contribution in [0.1, 0.15) is 18.5 Å². The van der Waals surface area contributed by atoms with Crippen LogP contribution in [0.5, 0.6) is 0 Å². The third-order valence-electron chi connectivity index (χ3n) is 3.37. The molecule has 4 heteroatoms. The van der Waals surface area contributed by atoms with Crippen LogP contribution in [0.2, 0.25) is 10.0 Å². The third-order valence-corrected chi connectivity index (χ3v) is 4.11. The quantitative estimate of drug-likeness (QED) is 0.897. The molecule has 1 aromatic carbocycles. The lowest BCUT2D eigenvalue weighted by Crippen LogP contribution is -2.56. The molecule has 0 saturated carbocycles. The molecule has 0 spiro atoms. The van der Waals surface area contributed by atoms with Crippen molar-refractivity contribution in [3.63, 3.8) is 0 Å². The molecule has 0 bridgehead atoms. The van der Waals surface area contributed by atoms with Gasteiger partial charge in [-0.1, -0.05) is 29.3 Å². The molecule has 88 valence electrons. The normalized spacial score (nSPS) is 18.6. The predicted molar refractivity (Wildman–Crippen MR) is 69.3 cm³/mol. The molecule has 2 nitrogen and oxygen atoms in total. The first kappa shape index (κ1) is 12.2. The van der Waals surface area contributed by atoms with Gasteiger partial charge >= 0.3 is 0 Å². The number of benzene rings is 1. The second kappa shape index (κ2) is 4.92. The van der Waals surface area contributed by atoms with E-state index in [4.69, 9.17) is 23.2 Å². The molecular weight excluding hydrogens is 243 g/mol. The van der Waals surface area contributed by atoms with Crippen molar-refractivity contribution in [1.82, 2.24) is 10.2 Å². The Bertz CT molecular complexity index is 377. The number of hydrogen-bond acceptors (Lipinski definition) is 2. The summed E-state index contributed by atoms with van der Waals surface area (Å²) in [7, 11) is 2.15. The lowest BCUT2D eigenvalue weighted by Gasteiger charge is -2.39. The molecule has 1 unspecified atom stereocenters. The zero-order valence-corrected chi connectivity index (χ0v) is 11.0. The highest BCUT2D eigenvalue weighted by Gasteiger charge is 2.25. The average Bonchev–Trinajstić information content (AvgIpc) is 2.18. The van der Waals surface area contributed by atoms with E-state index in [1.165, 1.54) is 5.56 Å². The van der Waals surface area contributed by atoms with E-state index in [0.717, 1.165) is 13.1 Å². The molecule has 0 aliphatic carbocycles. The molecule has 1 fully saturated rings. The minimum Gasteiger partial charge on any atom is -0.314 e. The molecule has 1 aromatic rings. The maximum Gasteiger partial charge on any atom is 0.0595 e. The molecule has 1 heterocycles. The Morgan fingerprint density at radius 2 is 2.00 bits per heavy atom. The van der Waals surface area contributed by atoms with Crippen LogP contribution in [0.3, 0.4) is 0 Å². The van der Waals surface area contributed by atoms with Crippen LogP contribution in [0.4, 0.5) is 0 Å². The molecule has 0 amide bonds. The van der Waals surface area contributed by atoms with Gasteiger partial charge in [0.05, 0.1) is 10.0 Å². The first-order valence-electron chi connectivity index (χ1n) is 5.47. The molecule has 1 aliphatic rings. The topological polar surface area (TPSA) is 15.3 Å². The van der Waals surface area contributed by atoms with Crippen LogP contribution >= 0.6 is 23.2 Å². The van der Waals surface area contributed by atoms with Crippen molar-refractivity contribution in [2.75, 3.05) is 20.1 Å². The van der Waals surface area contributed by atoms with Crippen LogP contribution in [0, 0.1) is 0 Å². The Hall–Kier alpha value is -0.280. The number of hydrogen-bond donors (Lipinski definition) is 1. The largest absolute Gasteiger partial charge is 0.314 e. The molecule has 0 radical (unpaired) electrons. The van der Waals surface area contributed by atoms with Gasteiger partial charge in [0.1, 0.15) is 0 Å². The van der Waals surface area contributed by atoms with Gasteiger partial charge in [0, 0.05) is 25.2 Å². The maximum absolute atomic E-state index is 6.03. The van der Waals surface area contributed by atoms with E-state index in [2.05, 4.69) is 24.2 Å². The van der Waals surface area contributed by atoms with Gasteiger partial charge in [-0.25, -0.2) is 0 Å². The van der Waals surface area contributed by atoms with Gasteiger partial charge in [0.15, 0.2) is 0 Å². The van der Waals surface area contributed by atoms with Crippen molar-refractivity contribution in [2.45, 2.75) is 19.0 Å². The van der Waals surface area contributed by atoms with Crippen molar-refractivity contribution < 1.29 is 0 Å². The summed E-state index contributed by atoms with van der Waals surface area (Å²) in [4.78, 5) is 2.37. The molecule has 1 aliphatic heterocycles. The van der Waals surface area contributed by atoms with Crippen LogP contribution in [0.25, 0.3) is 0 Å². The van der Waals surface area contributed by atoms with Gasteiger partial charge in [0.2, 0.25) is 0 Å². The number of halogens is 2. The highest BCUT2D eigenvalue weighted by molar-refractivity contribution is 6.42. The Balaban J connectivity index is 2.12. The lowest BCUT2D eigenvalue weighted by atomic mass is 10.0.